The van der Waals surface area contributed by atoms with E-state index in [0.29, 0.717) is 11.3 Å². The lowest BCUT2D eigenvalue weighted by Gasteiger charge is -2.43. The van der Waals surface area contributed by atoms with E-state index in [1.165, 1.54) is 0 Å². The highest BCUT2D eigenvalue weighted by molar-refractivity contribution is 6.13. The summed E-state index contributed by atoms with van der Waals surface area (Å²) in [6, 6.07) is 0. The summed E-state index contributed by atoms with van der Waals surface area (Å²) in [5.74, 6) is -0.989. The van der Waals surface area contributed by atoms with E-state index in [4.69, 9.17) is 4.74 Å². The molecule has 0 radical (unpaired) electrons. The van der Waals surface area contributed by atoms with Crippen molar-refractivity contribution in [3.05, 3.63) is 0 Å². The van der Waals surface area contributed by atoms with Crippen LogP contribution in [0.3, 0.4) is 0 Å². The first-order valence-corrected chi connectivity index (χ1v) is 6.40. The van der Waals surface area contributed by atoms with Gasteiger partial charge >= 0.3 is 6.09 Å². The van der Waals surface area contributed by atoms with Crippen LogP contribution in [0, 0.1) is 10.8 Å². The van der Waals surface area contributed by atoms with Crippen LogP contribution in [0.1, 0.15) is 54.9 Å². The fourth-order valence-corrected chi connectivity index (χ4v) is 2.43. The Hall–Kier alpha value is -1.39. The number of likely N-dealkylation sites (tertiary alicyclic amines) is 1. The van der Waals surface area contributed by atoms with Crippen molar-refractivity contribution in [2.24, 2.45) is 10.8 Å². The zero-order valence-electron chi connectivity index (χ0n) is 12.8. The molecule has 0 aliphatic carbocycles. The number of ether oxygens (including phenoxy) is 1. The van der Waals surface area contributed by atoms with Gasteiger partial charge < -0.3 is 4.74 Å². The van der Waals surface area contributed by atoms with Gasteiger partial charge in [-0.05, 0) is 27.2 Å². The summed E-state index contributed by atoms with van der Waals surface area (Å²) < 4.78 is 5.15. The topological polar surface area (TPSA) is 63.7 Å². The Morgan fingerprint density at radius 1 is 1.05 bits per heavy atom. The number of nitrogens with zero attached hydrogens (tertiary/aromatic N) is 1. The molecule has 0 bridgehead atoms. The zero-order valence-corrected chi connectivity index (χ0v) is 12.8. The largest absolute Gasteiger partial charge is 0.443 e. The average molecular weight is 269 g/mol. The third kappa shape index (κ3) is 3.14. The van der Waals surface area contributed by atoms with Crippen molar-refractivity contribution in [3.8, 4) is 0 Å². The first kappa shape index (κ1) is 15.7. The molecule has 1 heterocycles. The van der Waals surface area contributed by atoms with Crippen molar-refractivity contribution in [2.45, 2.75) is 60.5 Å². The van der Waals surface area contributed by atoms with Gasteiger partial charge in [0.15, 0.2) is 0 Å². The zero-order chi connectivity index (χ0) is 15.2. The predicted octanol–water partition coefficient (Wildman–Crippen LogP) is 2.73. The number of amides is 3. The number of piperidine rings is 1. The third-order valence-electron chi connectivity index (χ3n) is 3.02. The van der Waals surface area contributed by atoms with Crippen LogP contribution >= 0.6 is 0 Å². The first-order chi connectivity index (χ1) is 8.28. The van der Waals surface area contributed by atoms with E-state index in [2.05, 4.69) is 0 Å². The number of rotatable bonds is 0. The van der Waals surface area contributed by atoms with E-state index in [0.717, 1.165) is 0 Å². The van der Waals surface area contributed by atoms with E-state index in [-0.39, 0.29) is 0 Å². The molecule has 1 aliphatic rings. The lowest BCUT2D eigenvalue weighted by molar-refractivity contribution is -0.163. The van der Waals surface area contributed by atoms with Gasteiger partial charge in [-0.15, -0.1) is 0 Å². The quantitative estimate of drug-likeness (QED) is 0.634. The maximum absolute atomic E-state index is 12.3. The van der Waals surface area contributed by atoms with Crippen molar-refractivity contribution >= 4 is 17.9 Å². The van der Waals surface area contributed by atoms with Gasteiger partial charge in [0, 0.05) is 10.8 Å². The summed E-state index contributed by atoms with van der Waals surface area (Å²) in [7, 11) is 0. The molecule has 0 aromatic heterocycles. The second-order valence-corrected chi connectivity index (χ2v) is 7.37. The Kier molecular flexibility index (Phi) is 3.56. The highest BCUT2D eigenvalue weighted by atomic mass is 16.6. The highest BCUT2D eigenvalue weighted by Crippen LogP contribution is 2.41. The fourth-order valence-electron chi connectivity index (χ4n) is 2.43. The van der Waals surface area contributed by atoms with Gasteiger partial charge in [0.1, 0.15) is 5.60 Å². The van der Waals surface area contributed by atoms with E-state index < -0.39 is 34.3 Å². The SMILES string of the molecule is CC(C)(C)OC(=O)N1C(=O)C(C)(C)CC(C)(C)C1=O. The number of carbonyl (C=O) groups is 3. The van der Waals surface area contributed by atoms with Crippen molar-refractivity contribution in [1.29, 1.82) is 0 Å². The van der Waals surface area contributed by atoms with E-state index >= 15 is 0 Å². The lowest BCUT2D eigenvalue weighted by Crippen LogP contribution is -2.59. The molecule has 0 aromatic rings. The summed E-state index contributed by atoms with van der Waals surface area (Å²) in [5, 5.41) is 0. The number of hydrogen-bond acceptors (Lipinski definition) is 4. The minimum Gasteiger partial charge on any atom is -0.443 e. The van der Waals surface area contributed by atoms with Gasteiger partial charge in [0.05, 0.1) is 0 Å². The molecule has 1 aliphatic heterocycles. The maximum Gasteiger partial charge on any atom is 0.424 e. The van der Waals surface area contributed by atoms with Crippen LogP contribution in [0.15, 0.2) is 0 Å². The summed E-state index contributed by atoms with van der Waals surface area (Å²) in [6.45, 7) is 12.0. The maximum atomic E-state index is 12.3. The molecule has 108 valence electrons. The van der Waals surface area contributed by atoms with E-state index in [1.54, 1.807) is 48.5 Å². The van der Waals surface area contributed by atoms with E-state index in [1.807, 2.05) is 0 Å². The van der Waals surface area contributed by atoms with Crippen molar-refractivity contribution < 1.29 is 19.1 Å². The molecule has 0 atom stereocenters. The van der Waals surface area contributed by atoms with Gasteiger partial charge in [-0.1, -0.05) is 27.7 Å². The van der Waals surface area contributed by atoms with Crippen LogP contribution in [0.5, 0.6) is 0 Å². The van der Waals surface area contributed by atoms with Crippen LogP contribution in [-0.2, 0) is 14.3 Å². The molecule has 1 rings (SSSR count). The van der Waals surface area contributed by atoms with Gasteiger partial charge in [-0.3, -0.25) is 9.59 Å². The molecule has 19 heavy (non-hydrogen) atoms. The molecule has 0 unspecified atom stereocenters. The second kappa shape index (κ2) is 4.32. The summed E-state index contributed by atoms with van der Waals surface area (Å²) in [6.07, 6.45) is -0.472. The number of imide groups is 3. The molecule has 0 spiro atoms. The first-order valence-electron chi connectivity index (χ1n) is 6.40. The molecule has 1 saturated heterocycles. The average Bonchev–Trinajstić information content (AvgIpc) is 2.11. The smallest absolute Gasteiger partial charge is 0.424 e. The van der Waals surface area contributed by atoms with Crippen molar-refractivity contribution in [3.63, 3.8) is 0 Å². The molecule has 1 fully saturated rings. The minimum absolute atomic E-state index is 0.414. The Bertz CT molecular complexity index is 403. The van der Waals surface area contributed by atoms with E-state index in [9.17, 15) is 14.4 Å². The predicted molar refractivity (Wildman–Crippen MR) is 70.3 cm³/mol. The Labute approximate surface area is 114 Å². The molecular formula is C14H23NO4. The molecule has 0 saturated carbocycles. The van der Waals surface area contributed by atoms with Gasteiger partial charge in [-0.2, -0.15) is 4.90 Å². The van der Waals surface area contributed by atoms with Crippen LogP contribution in [0.25, 0.3) is 0 Å². The van der Waals surface area contributed by atoms with Gasteiger partial charge in [0.25, 0.3) is 0 Å². The molecule has 0 aromatic carbocycles. The normalized spacial score (nSPS) is 22.4. The summed E-state index contributed by atoms with van der Waals surface area (Å²) in [5.41, 5.74) is -2.26. The van der Waals surface area contributed by atoms with Crippen LogP contribution in [-0.4, -0.2) is 28.4 Å². The number of carbonyl (C=O) groups excluding carboxylic acids is 3. The fraction of sp³-hybridized carbons (Fsp3) is 0.786. The van der Waals surface area contributed by atoms with Crippen LogP contribution < -0.4 is 0 Å². The monoisotopic (exact) mass is 269 g/mol. The van der Waals surface area contributed by atoms with Crippen molar-refractivity contribution in [1.82, 2.24) is 4.90 Å². The van der Waals surface area contributed by atoms with Crippen LogP contribution in [0.4, 0.5) is 4.79 Å². The van der Waals surface area contributed by atoms with Gasteiger partial charge in [0.2, 0.25) is 11.8 Å². The highest BCUT2D eigenvalue weighted by Gasteiger charge is 2.53. The second-order valence-electron chi connectivity index (χ2n) is 7.37. The molecule has 5 heteroatoms. The summed E-state index contributed by atoms with van der Waals surface area (Å²) in [4.78, 5) is 37.3. The molecule has 3 amide bonds. The van der Waals surface area contributed by atoms with Crippen LogP contribution in [0.2, 0.25) is 0 Å². The summed E-state index contributed by atoms with van der Waals surface area (Å²) >= 11 is 0. The van der Waals surface area contributed by atoms with Gasteiger partial charge in [-0.25, -0.2) is 4.79 Å². The Morgan fingerprint density at radius 2 is 1.42 bits per heavy atom. The minimum atomic E-state index is -0.886. The molecule has 5 nitrogen and oxygen atoms in total. The Morgan fingerprint density at radius 3 is 1.74 bits per heavy atom. The Balaban J connectivity index is 3.13. The molecule has 0 N–H and O–H groups in total. The van der Waals surface area contributed by atoms with Crippen molar-refractivity contribution in [2.75, 3.05) is 0 Å². The molecular weight excluding hydrogens is 246 g/mol. The number of hydrogen-bond donors (Lipinski definition) is 0. The standard InChI is InChI=1S/C14H23NO4/c1-12(2,3)19-11(18)15-9(16)13(4,5)8-14(6,7)10(15)17/h8H2,1-7H3. The third-order valence-corrected chi connectivity index (χ3v) is 3.02. The lowest BCUT2D eigenvalue weighted by atomic mass is 9.70.